The van der Waals surface area contributed by atoms with Crippen molar-refractivity contribution in [2.75, 3.05) is 13.1 Å². The van der Waals surface area contributed by atoms with Gasteiger partial charge in [-0.1, -0.05) is 35.5 Å². The zero-order valence-electron chi connectivity index (χ0n) is 14.7. The standard InChI is InChI=1S/C18H24F2N2O3/c1-17(2,3)24-16(23)22-10-9-15(11-18(19,20)13-22)25-21-12-14-7-5-4-6-8-14/h4-8,12,15H,9-11,13H2,1-3H3/b21-12-/t15-/m1/s1. The Morgan fingerprint density at radius 3 is 2.64 bits per heavy atom. The van der Waals surface area contributed by atoms with Gasteiger partial charge in [-0.15, -0.1) is 0 Å². The normalized spacial score (nSPS) is 21.0. The second-order valence-electron chi connectivity index (χ2n) is 7.12. The summed E-state index contributed by atoms with van der Waals surface area (Å²) in [4.78, 5) is 18.3. The Morgan fingerprint density at radius 1 is 1.32 bits per heavy atom. The van der Waals surface area contributed by atoms with E-state index in [0.717, 1.165) is 10.5 Å². The fourth-order valence-corrected chi connectivity index (χ4v) is 2.45. The highest BCUT2D eigenvalue weighted by molar-refractivity contribution is 5.78. The smallest absolute Gasteiger partial charge is 0.410 e. The molecule has 7 heteroatoms. The predicted octanol–water partition coefficient (Wildman–Crippen LogP) is 4.07. The van der Waals surface area contributed by atoms with Gasteiger partial charge in [0, 0.05) is 13.0 Å². The van der Waals surface area contributed by atoms with Crippen LogP contribution in [0.5, 0.6) is 0 Å². The van der Waals surface area contributed by atoms with Crippen molar-refractivity contribution in [3.63, 3.8) is 0 Å². The van der Waals surface area contributed by atoms with Gasteiger partial charge in [0.1, 0.15) is 11.7 Å². The summed E-state index contributed by atoms with van der Waals surface area (Å²) >= 11 is 0. The van der Waals surface area contributed by atoms with Gasteiger partial charge in [-0.2, -0.15) is 0 Å². The third kappa shape index (κ3) is 6.68. The van der Waals surface area contributed by atoms with E-state index in [1.807, 2.05) is 30.3 Å². The summed E-state index contributed by atoms with van der Waals surface area (Å²) in [5.41, 5.74) is 0.0902. The summed E-state index contributed by atoms with van der Waals surface area (Å²) in [6.07, 6.45) is -0.239. The summed E-state index contributed by atoms with van der Waals surface area (Å²) in [6.45, 7) is 4.56. The molecule has 2 rings (SSSR count). The molecule has 1 aliphatic rings. The Labute approximate surface area is 146 Å². The number of halogens is 2. The van der Waals surface area contributed by atoms with Gasteiger partial charge in [0.2, 0.25) is 0 Å². The van der Waals surface area contributed by atoms with E-state index >= 15 is 0 Å². The molecule has 0 unspecified atom stereocenters. The molecule has 1 fully saturated rings. The molecule has 1 saturated heterocycles. The summed E-state index contributed by atoms with van der Waals surface area (Å²) < 4.78 is 33.4. The lowest BCUT2D eigenvalue weighted by Crippen LogP contribution is -2.42. The van der Waals surface area contributed by atoms with Crippen LogP contribution >= 0.6 is 0 Å². The molecule has 1 heterocycles. The molecule has 0 saturated carbocycles. The molecular formula is C18H24F2N2O3. The van der Waals surface area contributed by atoms with E-state index < -0.39 is 36.7 Å². The van der Waals surface area contributed by atoms with Gasteiger partial charge >= 0.3 is 6.09 Å². The van der Waals surface area contributed by atoms with Gasteiger partial charge in [0.25, 0.3) is 5.92 Å². The Kier molecular flexibility index (Phi) is 5.98. The minimum atomic E-state index is -3.06. The van der Waals surface area contributed by atoms with E-state index in [2.05, 4.69) is 5.16 Å². The Balaban J connectivity index is 1.95. The van der Waals surface area contributed by atoms with Crippen LogP contribution in [0, 0.1) is 0 Å². The van der Waals surface area contributed by atoms with Crippen LogP contribution in [-0.4, -0.2) is 47.9 Å². The van der Waals surface area contributed by atoms with E-state index in [9.17, 15) is 13.6 Å². The second kappa shape index (κ2) is 7.80. The summed E-state index contributed by atoms with van der Waals surface area (Å²) in [5, 5.41) is 3.81. The minimum Gasteiger partial charge on any atom is -0.444 e. The van der Waals surface area contributed by atoms with Gasteiger partial charge < -0.3 is 14.5 Å². The maximum absolute atomic E-state index is 14.1. The maximum Gasteiger partial charge on any atom is 0.410 e. The SMILES string of the molecule is CC(C)(C)OC(=O)N1CC[C@@H](O/N=C\c2ccccc2)CC(F)(F)C1. The highest BCUT2D eigenvalue weighted by Crippen LogP contribution is 2.29. The highest BCUT2D eigenvalue weighted by Gasteiger charge is 2.41. The molecule has 0 radical (unpaired) electrons. The average molecular weight is 354 g/mol. The monoisotopic (exact) mass is 354 g/mol. The molecule has 0 aliphatic carbocycles. The largest absolute Gasteiger partial charge is 0.444 e. The molecule has 1 aliphatic heterocycles. The quantitative estimate of drug-likeness (QED) is 0.607. The molecule has 0 N–H and O–H groups in total. The number of hydrogen-bond acceptors (Lipinski definition) is 4. The summed E-state index contributed by atoms with van der Waals surface area (Å²) in [7, 11) is 0. The Morgan fingerprint density at radius 2 is 2.00 bits per heavy atom. The predicted molar refractivity (Wildman–Crippen MR) is 90.9 cm³/mol. The highest BCUT2D eigenvalue weighted by atomic mass is 19.3. The molecule has 5 nitrogen and oxygen atoms in total. The molecule has 25 heavy (non-hydrogen) atoms. The van der Waals surface area contributed by atoms with Crippen LogP contribution in [0.1, 0.15) is 39.2 Å². The first-order valence-corrected chi connectivity index (χ1v) is 8.25. The number of alkyl halides is 2. The number of oxime groups is 1. The van der Waals surface area contributed by atoms with Crippen molar-refractivity contribution in [2.45, 2.75) is 51.2 Å². The number of amides is 1. The van der Waals surface area contributed by atoms with Crippen LogP contribution in [-0.2, 0) is 9.57 Å². The number of ether oxygens (including phenoxy) is 1. The fraction of sp³-hybridized carbons (Fsp3) is 0.556. The molecular weight excluding hydrogens is 330 g/mol. The van der Waals surface area contributed by atoms with E-state index in [-0.39, 0.29) is 13.0 Å². The Bertz CT molecular complexity index is 600. The maximum atomic E-state index is 14.1. The molecule has 1 aromatic carbocycles. The first-order chi connectivity index (χ1) is 11.6. The van der Waals surface area contributed by atoms with Gasteiger partial charge in [-0.25, -0.2) is 13.6 Å². The number of nitrogens with zero attached hydrogens (tertiary/aromatic N) is 2. The van der Waals surface area contributed by atoms with Gasteiger partial charge in [0.15, 0.2) is 0 Å². The van der Waals surface area contributed by atoms with Crippen LogP contribution in [0.25, 0.3) is 0 Å². The zero-order valence-corrected chi connectivity index (χ0v) is 14.7. The van der Waals surface area contributed by atoms with Crippen LogP contribution < -0.4 is 0 Å². The first kappa shape index (κ1) is 19.1. The van der Waals surface area contributed by atoms with Crippen molar-refractivity contribution in [3.8, 4) is 0 Å². The van der Waals surface area contributed by atoms with Crippen molar-refractivity contribution in [1.29, 1.82) is 0 Å². The molecule has 1 amide bonds. The molecule has 0 bridgehead atoms. The van der Waals surface area contributed by atoms with Crippen LogP contribution in [0.2, 0.25) is 0 Å². The zero-order chi connectivity index (χ0) is 18.5. The first-order valence-electron chi connectivity index (χ1n) is 8.25. The summed E-state index contributed by atoms with van der Waals surface area (Å²) in [6, 6.07) is 9.23. The minimum absolute atomic E-state index is 0.135. The second-order valence-corrected chi connectivity index (χ2v) is 7.12. The lowest BCUT2D eigenvalue weighted by Gasteiger charge is -2.27. The van der Waals surface area contributed by atoms with E-state index in [4.69, 9.17) is 9.57 Å². The molecule has 0 aromatic heterocycles. The van der Waals surface area contributed by atoms with Crippen LogP contribution in [0.4, 0.5) is 13.6 Å². The van der Waals surface area contributed by atoms with E-state index in [1.54, 1.807) is 20.8 Å². The third-order valence-electron chi connectivity index (χ3n) is 3.53. The molecule has 0 spiro atoms. The average Bonchev–Trinajstić information content (AvgIpc) is 2.65. The van der Waals surface area contributed by atoms with Crippen LogP contribution in [0.15, 0.2) is 35.5 Å². The fourth-order valence-electron chi connectivity index (χ4n) is 2.45. The number of carbonyl (C=O) groups is 1. The van der Waals surface area contributed by atoms with Crippen molar-refractivity contribution in [3.05, 3.63) is 35.9 Å². The number of rotatable bonds is 3. The van der Waals surface area contributed by atoms with Crippen molar-refractivity contribution < 1.29 is 23.1 Å². The van der Waals surface area contributed by atoms with Crippen LogP contribution in [0.3, 0.4) is 0 Å². The van der Waals surface area contributed by atoms with Crippen molar-refractivity contribution in [2.24, 2.45) is 5.16 Å². The number of hydrogen-bond donors (Lipinski definition) is 0. The van der Waals surface area contributed by atoms with Crippen molar-refractivity contribution in [1.82, 2.24) is 4.90 Å². The lowest BCUT2D eigenvalue weighted by molar-refractivity contribution is -0.0663. The van der Waals surface area contributed by atoms with Gasteiger partial charge in [-0.3, -0.25) is 0 Å². The van der Waals surface area contributed by atoms with Gasteiger partial charge in [0.05, 0.1) is 19.2 Å². The number of benzene rings is 1. The Hall–Kier alpha value is -2.18. The lowest BCUT2D eigenvalue weighted by atomic mass is 10.1. The number of likely N-dealkylation sites (tertiary alicyclic amines) is 1. The molecule has 1 atom stereocenters. The van der Waals surface area contributed by atoms with E-state index in [1.165, 1.54) is 6.21 Å². The topological polar surface area (TPSA) is 51.1 Å². The molecule has 138 valence electrons. The summed E-state index contributed by atoms with van der Waals surface area (Å²) in [5.74, 6) is -3.06. The number of carbonyl (C=O) groups excluding carboxylic acids is 1. The van der Waals surface area contributed by atoms with Crippen molar-refractivity contribution >= 4 is 12.3 Å². The third-order valence-corrected chi connectivity index (χ3v) is 3.53. The van der Waals surface area contributed by atoms with Gasteiger partial charge in [-0.05, 0) is 26.3 Å². The van der Waals surface area contributed by atoms with E-state index in [0.29, 0.717) is 0 Å². The molecule has 1 aromatic rings.